The molecule has 0 aliphatic rings. The van der Waals surface area contributed by atoms with Crippen LogP contribution in [-0.4, -0.2) is 26.3 Å². The molecule has 0 radical (unpaired) electrons. The van der Waals surface area contributed by atoms with Gasteiger partial charge in [0.1, 0.15) is 6.61 Å². The molecule has 0 aliphatic heterocycles. The van der Waals surface area contributed by atoms with E-state index in [1.54, 1.807) is 18.2 Å². The second kappa shape index (κ2) is 8.19. The van der Waals surface area contributed by atoms with Crippen molar-refractivity contribution in [2.45, 2.75) is 20.3 Å². The lowest BCUT2D eigenvalue weighted by molar-refractivity contribution is 0.0549. The van der Waals surface area contributed by atoms with Crippen LogP contribution in [0.15, 0.2) is 30.4 Å². The lowest BCUT2D eigenvalue weighted by Gasteiger charge is -2.10. The van der Waals surface area contributed by atoms with E-state index in [2.05, 4.69) is 0 Å². The maximum absolute atomic E-state index is 11.8. The molecule has 0 bridgehead atoms. The lowest BCUT2D eigenvalue weighted by Crippen LogP contribution is -2.06. The van der Waals surface area contributed by atoms with Crippen molar-refractivity contribution in [3.8, 4) is 11.5 Å². The lowest BCUT2D eigenvalue weighted by atomic mass is 10.2. The van der Waals surface area contributed by atoms with Gasteiger partial charge < -0.3 is 14.2 Å². The predicted octanol–water partition coefficient (Wildman–Crippen LogP) is 3.22. The molecule has 0 saturated carbocycles. The molecule has 0 fully saturated rings. The van der Waals surface area contributed by atoms with Gasteiger partial charge in [0.15, 0.2) is 11.5 Å². The first-order valence-corrected chi connectivity index (χ1v) is 6.35. The monoisotopic (exact) mass is 264 g/mol. The molecular weight excluding hydrogens is 244 g/mol. The molecule has 1 rings (SSSR count). The summed E-state index contributed by atoms with van der Waals surface area (Å²) >= 11 is 0. The van der Waals surface area contributed by atoms with Crippen LogP contribution in [0.2, 0.25) is 0 Å². The van der Waals surface area contributed by atoms with Crippen LogP contribution >= 0.6 is 0 Å². The Hall–Kier alpha value is -1.97. The maximum Gasteiger partial charge on any atom is 0.338 e. The summed E-state index contributed by atoms with van der Waals surface area (Å²) in [5.41, 5.74) is 0.449. The van der Waals surface area contributed by atoms with Gasteiger partial charge in [0.25, 0.3) is 0 Å². The fourth-order valence-corrected chi connectivity index (χ4v) is 1.51. The average molecular weight is 264 g/mol. The van der Waals surface area contributed by atoms with Crippen LogP contribution < -0.4 is 9.47 Å². The number of carbonyl (C=O) groups is 1. The summed E-state index contributed by atoms with van der Waals surface area (Å²) in [5, 5.41) is 0. The number of rotatable bonds is 7. The Morgan fingerprint density at radius 2 is 2.00 bits per heavy atom. The Morgan fingerprint density at radius 3 is 2.63 bits per heavy atom. The number of methoxy groups -OCH3 is 1. The van der Waals surface area contributed by atoms with Gasteiger partial charge in [-0.05, 0) is 31.5 Å². The normalized spacial score (nSPS) is 10.5. The zero-order chi connectivity index (χ0) is 14.1. The molecule has 19 heavy (non-hydrogen) atoms. The Labute approximate surface area is 114 Å². The van der Waals surface area contributed by atoms with E-state index >= 15 is 0 Å². The first-order valence-electron chi connectivity index (χ1n) is 6.35. The minimum Gasteiger partial charge on any atom is -0.493 e. The SMILES string of the molecule is CC/C=C/COC(=O)c1ccc(OCC)c(OC)c1. The highest BCUT2D eigenvalue weighted by molar-refractivity contribution is 5.90. The number of hydrogen-bond acceptors (Lipinski definition) is 4. The van der Waals surface area contributed by atoms with Gasteiger partial charge in [-0.2, -0.15) is 0 Å². The first kappa shape index (κ1) is 15.1. The van der Waals surface area contributed by atoms with E-state index in [-0.39, 0.29) is 12.6 Å². The van der Waals surface area contributed by atoms with E-state index in [1.807, 2.05) is 26.0 Å². The van der Waals surface area contributed by atoms with E-state index in [4.69, 9.17) is 14.2 Å². The minimum absolute atomic E-state index is 0.280. The van der Waals surface area contributed by atoms with Crippen LogP contribution in [0, 0.1) is 0 Å². The third-order valence-corrected chi connectivity index (χ3v) is 2.41. The molecule has 0 spiro atoms. The zero-order valence-corrected chi connectivity index (χ0v) is 11.6. The van der Waals surface area contributed by atoms with Crippen molar-refractivity contribution in [3.63, 3.8) is 0 Å². The number of benzene rings is 1. The van der Waals surface area contributed by atoms with Gasteiger partial charge in [-0.25, -0.2) is 4.79 Å². The molecule has 1 aromatic carbocycles. The van der Waals surface area contributed by atoms with Crippen LogP contribution in [0.3, 0.4) is 0 Å². The molecule has 4 nitrogen and oxygen atoms in total. The second-order valence-corrected chi connectivity index (χ2v) is 3.78. The van der Waals surface area contributed by atoms with E-state index in [0.29, 0.717) is 23.7 Å². The summed E-state index contributed by atoms with van der Waals surface area (Å²) in [6.07, 6.45) is 4.70. The van der Waals surface area contributed by atoms with E-state index in [0.717, 1.165) is 6.42 Å². The Balaban J connectivity index is 2.72. The largest absolute Gasteiger partial charge is 0.493 e. The fraction of sp³-hybridized carbons (Fsp3) is 0.400. The van der Waals surface area contributed by atoms with Gasteiger partial charge in [0, 0.05) is 0 Å². The van der Waals surface area contributed by atoms with Crippen molar-refractivity contribution in [1.82, 2.24) is 0 Å². The van der Waals surface area contributed by atoms with Crippen molar-refractivity contribution in [2.24, 2.45) is 0 Å². The number of ether oxygens (including phenoxy) is 3. The Kier molecular flexibility index (Phi) is 6.50. The van der Waals surface area contributed by atoms with Gasteiger partial charge in [-0.1, -0.05) is 19.1 Å². The smallest absolute Gasteiger partial charge is 0.338 e. The standard InChI is InChI=1S/C15H20O4/c1-4-6-7-10-19-15(16)12-8-9-13(18-5-2)14(11-12)17-3/h6-9,11H,4-5,10H2,1-3H3/b7-6+. The number of carbonyl (C=O) groups excluding carboxylic acids is 1. The molecule has 0 aliphatic carbocycles. The highest BCUT2D eigenvalue weighted by atomic mass is 16.5. The van der Waals surface area contributed by atoms with Crippen LogP contribution in [0.25, 0.3) is 0 Å². The second-order valence-electron chi connectivity index (χ2n) is 3.78. The van der Waals surface area contributed by atoms with Gasteiger partial charge in [-0.15, -0.1) is 0 Å². The highest BCUT2D eigenvalue weighted by Crippen LogP contribution is 2.28. The van der Waals surface area contributed by atoms with Crippen molar-refractivity contribution < 1.29 is 19.0 Å². The molecule has 0 saturated heterocycles. The summed E-state index contributed by atoms with van der Waals surface area (Å²) in [7, 11) is 1.54. The highest BCUT2D eigenvalue weighted by Gasteiger charge is 2.11. The van der Waals surface area contributed by atoms with Crippen LogP contribution in [-0.2, 0) is 4.74 Å². The maximum atomic E-state index is 11.8. The molecule has 1 aromatic rings. The van der Waals surface area contributed by atoms with Crippen molar-refractivity contribution in [3.05, 3.63) is 35.9 Å². The van der Waals surface area contributed by atoms with Crippen molar-refractivity contribution in [2.75, 3.05) is 20.3 Å². The summed E-state index contributed by atoms with van der Waals surface area (Å²) < 4.78 is 15.7. The molecular formula is C15H20O4. The quantitative estimate of drug-likeness (QED) is 0.560. The van der Waals surface area contributed by atoms with Gasteiger partial charge in [-0.3, -0.25) is 0 Å². The summed E-state index contributed by atoms with van der Waals surface area (Å²) in [4.78, 5) is 11.8. The number of allylic oxidation sites excluding steroid dienone is 1. The molecule has 0 N–H and O–H groups in total. The molecule has 104 valence electrons. The predicted molar refractivity (Wildman–Crippen MR) is 73.9 cm³/mol. The van der Waals surface area contributed by atoms with Gasteiger partial charge in [0.2, 0.25) is 0 Å². The van der Waals surface area contributed by atoms with E-state index in [1.165, 1.54) is 7.11 Å². The van der Waals surface area contributed by atoms with Gasteiger partial charge >= 0.3 is 5.97 Å². The van der Waals surface area contributed by atoms with Crippen LogP contribution in [0.5, 0.6) is 11.5 Å². The summed E-state index contributed by atoms with van der Waals surface area (Å²) in [5.74, 6) is 0.773. The minimum atomic E-state index is -0.373. The number of esters is 1. The average Bonchev–Trinajstić information content (AvgIpc) is 2.44. The number of hydrogen-bond donors (Lipinski definition) is 0. The van der Waals surface area contributed by atoms with E-state index in [9.17, 15) is 4.79 Å². The van der Waals surface area contributed by atoms with Crippen molar-refractivity contribution in [1.29, 1.82) is 0 Å². The van der Waals surface area contributed by atoms with Crippen LogP contribution in [0.1, 0.15) is 30.6 Å². The molecule has 4 heteroatoms. The first-order chi connectivity index (χ1) is 9.22. The van der Waals surface area contributed by atoms with Crippen LogP contribution in [0.4, 0.5) is 0 Å². The summed E-state index contributed by atoms with van der Waals surface area (Å²) in [6, 6.07) is 5.00. The third-order valence-electron chi connectivity index (χ3n) is 2.41. The summed E-state index contributed by atoms with van der Waals surface area (Å²) in [6.45, 7) is 4.74. The molecule has 0 atom stereocenters. The van der Waals surface area contributed by atoms with Crippen molar-refractivity contribution >= 4 is 5.97 Å². The molecule has 0 unspecified atom stereocenters. The topological polar surface area (TPSA) is 44.8 Å². The fourth-order valence-electron chi connectivity index (χ4n) is 1.51. The Morgan fingerprint density at radius 1 is 1.21 bits per heavy atom. The molecule has 0 heterocycles. The van der Waals surface area contributed by atoms with Gasteiger partial charge in [0.05, 0.1) is 19.3 Å². The Bertz CT molecular complexity index is 438. The van der Waals surface area contributed by atoms with E-state index < -0.39 is 0 Å². The molecule has 0 amide bonds. The zero-order valence-electron chi connectivity index (χ0n) is 11.6. The molecule has 0 aromatic heterocycles. The third kappa shape index (κ3) is 4.66.